The highest BCUT2D eigenvalue weighted by atomic mass is 32.1. The lowest BCUT2D eigenvalue weighted by molar-refractivity contribution is -0.120. The molecule has 7 heteroatoms. The summed E-state index contributed by atoms with van der Waals surface area (Å²) >= 11 is 1.53. The number of thiophene rings is 1. The summed E-state index contributed by atoms with van der Waals surface area (Å²) in [6.07, 6.45) is 4.03. The minimum atomic E-state index is -0.783. The van der Waals surface area contributed by atoms with Gasteiger partial charge in [-0.1, -0.05) is 0 Å². The second-order valence-electron chi connectivity index (χ2n) is 7.11. The first kappa shape index (κ1) is 18.1. The zero-order valence-electron chi connectivity index (χ0n) is 14.8. The maximum absolute atomic E-state index is 13.8. The molecule has 4 nitrogen and oxygen atoms in total. The molecule has 1 atom stereocenters. The van der Waals surface area contributed by atoms with Gasteiger partial charge in [-0.2, -0.15) is 0 Å². The Bertz CT molecular complexity index is 890. The summed E-state index contributed by atoms with van der Waals surface area (Å²) in [6.45, 7) is 1.63. The van der Waals surface area contributed by atoms with Crippen LogP contribution in [0, 0.1) is 17.6 Å². The molecule has 1 saturated heterocycles. The molecule has 27 heavy (non-hydrogen) atoms. The van der Waals surface area contributed by atoms with E-state index in [1.165, 1.54) is 17.4 Å². The molecule has 1 aromatic heterocycles. The van der Waals surface area contributed by atoms with Crippen LogP contribution in [-0.2, 0) is 17.6 Å². The van der Waals surface area contributed by atoms with Crippen molar-refractivity contribution in [2.75, 3.05) is 18.4 Å². The number of nitrogens with one attached hydrogen (secondary N) is 1. The van der Waals surface area contributed by atoms with Gasteiger partial charge in [-0.25, -0.2) is 8.78 Å². The van der Waals surface area contributed by atoms with E-state index in [1.54, 1.807) is 0 Å². The van der Waals surface area contributed by atoms with E-state index < -0.39 is 11.6 Å². The van der Waals surface area contributed by atoms with Crippen molar-refractivity contribution in [3.63, 3.8) is 0 Å². The Kier molecular flexibility index (Phi) is 4.95. The van der Waals surface area contributed by atoms with Crippen LogP contribution in [0.4, 0.5) is 14.5 Å². The van der Waals surface area contributed by atoms with Gasteiger partial charge in [-0.15, -0.1) is 11.3 Å². The Hall–Kier alpha value is -2.28. The van der Waals surface area contributed by atoms with Gasteiger partial charge in [0.05, 0.1) is 10.6 Å². The summed E-state index contributed by atoms with van der Waals surface area (Å²) < 4.78 is 26.8. The molecule has 1 aliphatic carbocycles. The first-order chi connectivity index (χ1) is 13.0. The topological polar surface area (TPSA) is 49.4 Å². The standard InChI is InChI=1S/C20H20F2N2O2S/c21-14-4-5-16(15(22)11-14)23-19(25)12-3-6-17-13(9-12)10-18(27-17)20(26)24-7-1-2-8-24/h4-5,10-12H,1-3,6-9H2,(H,23,25)/t12-/m0/s1. The van der Waals surface area contributed by atoms with Crippen molar-refractivity contribution in [3.8, 4) is 0 Å². The predicted octanol–water partition coefficient (Wildman–Crippen LogP) is 4.01. The van der Waals surface area contributed by atoms with E-state index in [9.17, 15) is 18.4 Å². The predicted molar refractivity (Wildman–Crippen MR) is 100.0 cm³/mol. The molecule has 0 unspecified atom stereocenters. The highest BCUT2D eigenvalue weighted by molar-refractivity contribution is 7.14. The van der Waals surface area contributed by atoms with Crippen LogP contribution in [0.3, 0.4) is 0 Å². The van der Waals surface area contributed by atoms with Crippen LogP contribution in [0.1, 0.15) is 39.4 Å². The zero-order chi connectivity index (χ0) is 19.0. The molecule has 4 rings (SSSR count). The minimum Gasteiger partial charge on any atom is -0.338 e. The van der Waals surface area contributed by atoms with E-state index in [2.05, 4.69) is 5.32 Å². The number of rotatable bonds is 3. The van der Waals surface area contributed by atoms with Gasteiger partial charge in [-0.05, 0) is 55.9 Å². The molecule has 1 fully saturated rings. The van der Waals surface area contributed by atoms with Crippen LogP contribution in [0.25, 0.3) is 0 Å². The van der Waals surface area contributed by atoms with E-state index in [1.807, 2.05) is 11.0 Å². The Balaban J connectivity index is 1.44. The summed E-state index contributed by atoms with van der Waals surface area (Å²) in [7, 11) is 0. The van der Waals surface area contributed by atoms with Crippen molar-refractivity contribution in [1.82, 2.24) is 4.90 Å². The fourth-order valence-corrected chi connectivity index (χ4v) is 4.93. The average molecular weight is 390 g/mol. The summed E-state index contributed by atoms with van der Waals surface area (Å²) in [4.78, 5) is 28.9. The van der Waals surface area contributed by atoms with Gasteiger partial charge in [0, 0.05) is 30.0 Å². The summed E-state index contributed by atoms with van der Waals surface area (Å²) in [5.41, 5.74) is 1.02. The van der Waals surface area contributed by atoms with Gasteiger partial charge in [0.2, 0.25) is 5.91 Å². The van der Waals surface area contributed by atoms with Gasteiger partial charge in [0.15, 0.2) is 0 Å². The molecule has 0 radical (unpaired) electrons. The van der Waals surface area contributed by atoms with Gasteiger partial charge in [0.1, 0.15) is 11.6 Å². The molecular formula is C20H20F2N2O2S. The van der Waals surface area contributed by atoms with Crippen molar-refractivity contribution >= 4 is 28.8 Å². The van der Waals surface area contributed by atoms with Crippen molar-refractivity contribution in [2.45, 2.75) is 32.1 Å². The van der Waals surface area contributed by atoms with Crippen LogP contribution in [0.2, 0.25) is 0 Å². The Labute approximate surface area is 160 Å². The third-order valence-corrected chi connectivity index (χ3v) is 6.47. The highest BCUT2D eigenvalue weighted by Gasteiger charge is 2.29. The number of likely N-dealkylation sites (tertiary alicyclic amines) is 1. The molecular weight excluding hydrogens is 370 g/mol. The number of anilines is 1. The second-order valence-corrected chi connectivity index (χ2v) is 8.25. The quantitative estimate of drug-likeness (QED) is 0.861. The third-order valence-electron chi connectivity index (χ3n) is 5.25. The van der Waals surface area contributed by atoms with Gasteiger partial charge < -0.3 is 10.2 Å². The van der Waals surface area contributed by atoms with Crippen LogP contribution in [0.5, 0.6) is 0 Å². The summed E-state index contributed by atoms with van der Waals surface area (Å²) in [5.74, 6) is -1.94. The maximum atomic E-state index is 13.8. The molecule has 142 valence electrons. The van der Waals surface area contributed by atoms with Crippen LogP contribution in [-0.4, -0.2) is 29.8 Å². The molecule has 2 aliphatic rings. The van der Waals surface area contributed by atoms with Crippen molar-refractivity contribution < 1.29 is 18.4 Å². The lowest BCUT2D eigenvalue weighted by Crippen LogP contribution is -2.28. The number of halogens is 2. The second kappa shape index (κ2) is 7.38. The van der Waals surface area contributed by atoms with Crippen molar-refractivity contribution in [2.24, 2.45) is 5.92 Å². The number of nitrogens with zero attached hydrogens (tertiary/aromatic N) is 1. The highest BCUT2D eigenvalue weighted by Crippen LogP contribution is 2.34. The largest absolute Gasteiger partial charge is 0.338 e. The normalized spacial score (nSPS) is 19.0. The number of carbonyl (C=O) groups excluding carboxylic acids is 2. The van der Waals surface area contributed by atoms with Crippen LogP contribution in [0.15, 0.2) is 24.3 Å². The van der Waals surface area contributed by atoms with Crippen molar-refractivity contribution in [3.05, 3.63) is 51.2 Å². The SMILES string of the molecule is O=C(Nc1ccc(F)cc1F)[C@H]1CCc2sc(C(=O)N3CCCC3)cc2C1. The molecule has 0 spiro atoms. The number of benzene rings is 1. The lowest BCUT2D eigenvalue weighted by Gasteiger charge is -2.21. The Morgan fingerprint density at radius 3 is 2.67 bits per heavy atom. The number of hydrogen-bond acceptors (Lipinski definition) is 3. The number of aryl methyl sites for hydroxylation is 1. The molecule has 2 amide bonds. The number of amides is 2. The van der Waals surface area contributed by atoms with E-state index in [0.29, 0.717) is 12.8 Å². The summed E-state index contributed by atoms with van der Waals surface area (Å²) in [5, 5.41) is 2.56. The number of fused-ring (bicyclic) bond motifs is 1. The monoisotopic (exact) mass is 390 g/mol. The van der Waals surface area contributed by atoms with Gasteiger partial charge >= 0.3 is 0 Å². The first-order valence-electron chi connectivity index (χ1n) is 9.18. The zero-order valence-corrected chi connectivity index (χ0v) is 15.6. The minimum absolute atomic E-state index is 0.0117. The smallest absolute Gasteiger partial charge is 0.263 e. The van der Waals surface area contributed by atoms with Gasteiger partial charge in [-0.3, -0.25) is 9.59 Å². The van der Waals surface area contributed by atoms with E-state index >= 15 is 0 Å². The van der Waals surface area contributed by atoms with E-state index in [4.69, 9.17) is 0 Å². The molecule has 0 bridgehead atoms. The molecule has 1 N–H and O–H groups in total. The lowest BCUT2D eigenvalue weighted by atomic mass is 9.87. The molecule has 1 aliphatic heterocycles. The van der Waals surface area contributed by atoms with Crippen LogP contribution < -0.4 is 5.32 Å². The fourth-order valence-electron chi connectivity index (χ4n) is 3.75. The third kappa shape index (κ3) is 3.74. The number of carbonyl (C=O) groups is 2. The average Bonchev–Trinajstić information content (AvgIpc) is 3.32. The van der Waals surface area contributed by atoms with E-state index in [0.717, 1.165) is 59.8 Å². The Morgan fingerprint density at radius 2 is 1.93 bits per heavy atom. The maximum Gasteiger partial charge on any atom is 0.263 e. The summed E-state index contributed by atoms with van der Waals surface area (Å²) in [6, 6.07) is 5.02. The first-order valence-corrected chi connectivity index (χ1v) is 9.99. The molecule has 2 heterocycles. The molecule has 1 aromatic carbocycles. The number of hydrogen-bond donors (Lipinski definition) is 1. The van der Waals surface area contributed by atoms with E-state index in [-0.39, 0.29) is 23.4 Å². The fraction of sp³-hybridized carbons (Fsp3) is 0.400. The van der Waals surface area contributed by atoms with Gasteiger partial charge in [0.25, 0.3) is 5.91 Å². The Morgan fingerprint density at radius 1 is 1.15 bits per heavy atom. The molecule has 0 saturated carbocycles. The van der Waals surface area contributed by atoms with Crippen LogP contribution >= 0.6 is 11.3 Å². The molecule has 2 aromatic rings. The van der Waals surface area contributed by atoms with Crippen molar-refractivity contribution in [1.29, 1.82) is 0 Å².